The lowest BCUT2D eigenvalue weighted by molar-refractivity contribution is 0.297. The molecule has 0 aliphatic carbocycles. The zero-order valence-electron chi connectivity index (χ0n) is 14.0. The summed E-state index contributed by atoms with van der Waals surface area (Å²) in [6.45, 7) is 1.71. The van der Waals surface area contributed by atoms with Crippen molar-refractivity contribution in [3.8, 4) is 22.8 Å². The number of rotatable bonds is 3. The van der Waals surface area contributed by atoms with E-state index in [1.807, 2.05) is 42.5 Å². The minimum Gasteiger partial charge on any atom is -0.490 e. The lowest BCUT2D eigenvalue weighted by Gasteiger charge is -2.11. The minimum atomic E-state index is -0.133. The van der Waals surface area contributed by atoms with Crippen LogP contribution in [0.2, 0.25) is 0 Å². The highest BCUT2D eigenvalue weighted by Crippen LogP contribution is 2.33. The standard InChI is InChI=1S/C20H17BrN2O3/c21-16-5-2-14(3-6-16)13-23-20(24)9-7-17(22-23)15-4-8-18-19(12-15)26-11-1-10-25-18/h2-9,12H,1,10-11,13H2. The molecule has 132 valence electrons. The molecule has 0 saturated heterocycles. The summed E-state index contributed by atoms with van der Waals surface area (Å²) in [6, 6.07) is 16.9. The van der Waals surface area contributed by atoms with Crippen LogP contribution in [0.15, 0.2) is 63.9 Å². The third-order valence-electron chi connectivity index (χ3n) is 4.16. The van der Waals surface area contributed by atoms with Crippen molar-refractivity contribution in [3.05, 3.63) is 75.0 Å². The van der Waals surface area contributed by atoms with Crippen molar-refractivity contribution in [1.29, 1.82) is 0 Å². The molecule has 2 aromatic carbocycles. The number of aromatic nitrogens is 2. The molecular weight excluding hydrogens is 396 g/mol. The lowest BCUT2D eigenvalue weighted by atomic mass is 10.1. The van der Waals surface area contributed by atoms with Crippen molar-refractivity contribution in [2.45, 2.75) is 13.0 Å². The summed E-state index contributed by atoms with van der Waals surface area (Å²) in [5.74, 6) is 1.46. The molecule has 4 rings (SSSR count). The molecular formula is C20H17BrN2O3. The SMILES string of the molecule is O=c1ccc(-c2ccc3c(c2)OCCCO3)nn1Cc1ccc(Br)cc1. The molecule has 0 unspecified atom stereocenters. The van der Waals surface area contributed by atoms with Gasteiger partial charge in [-0.3, -0.25) is 4.79 Å². The fraction of sp³-hybridized carbons (Fsp3) is 0.200. The van der Waals surface area contributed by atoms with Gasteiger partial charge in [-0.25, -0.2) is 4.68 Å². The van der Waals surface area contributed by atoms with Crippen LogP contribution in [0, 0.1) is 0 Å². The van der Waals surface area contributed by atoms with Gasteiger partial charge in [0, 0.05) is 22.5 Å². The molecule has 26 heavy (non-hydrogen) atoms. The molecule has 0 fully saturated rings. The third-order valence-corrected chi connectivity index (χ3v) is 4.68. The Labute approximate surface area is 159 Å². The predicted molar refractivity (Wildman–Crippen MR) is 103 cm³/mol. The molecule has 0 N–H and O–H groups in total. The van der Waals surface area contributed by atoms with Crippen LogP contribution in [-0.2, 0) is 6.54 Å². The van der Waals surface area contributed by atoms with E-state index in [0.717, 1.165) is 33.5 Å². The van der Waals surface area contributed by atoms with E-state index in [1.54, 1.807) is 12.1 Å². The second-order valence-electron chi connectivity index (χ2n) is 6.05. The van der Waals surface area contributed by atoms with Gasteiger partial charge in [0.15, 0.2) is 11.5 Å². The van der Waals surface area contributed by atoms with E-state index < -0.39 is 0 Å². The fourth-order valence-corrected chi connectivity index (χ4v) is 3.07. The van der Waals surface area contributed by atoms with Gasteiger partial charge in [-0.2, -0.15) is 5.10 Å². The second kappa shape index (κ2) is 7.33. The van der Waals surface area contributed by atoms with Gasteiger partial charge in [-0.05, 0) is 42.0 Å². The van der Waals surface area contributed by atoms with Gasteiger partial charge < -0.3 is 9.47 Å². The van der Waals surface area contributed by atoms with Crippen LogP contribution in [-0.4, -0.2) is 23.0 Å². The van der Waals surface area contributed by atoms with E-state index >= 15 is 0 Å². The number of hydrogen-bond donors (Lipinski definition) is 0. The van der Waals surface area contributed by atoms with Crippen LogP contribution in [0.5, 0.6) is 11.5 Å². The first kappa shape index (κ1) is 16.8. The maximum absolute atomic E-state index is 12.2. The first-order chi connectivity index (χ1) is 12.7. The second-order valence-corrected chi connectivity index (χ2v) is 6.97. The highest BCUT2D eigenvalue weighted by molar-refractivity contribution is 9.10. The molecule has 1 aromatic heterocycles. The molecule has 6 heteroatoms. The molecule has 2 heterocycles. The number of benzene rings is 2. The van der Waals surface area contributed by atoms with Crippen molar-refractivity contribution in [2.24, 2.45) is 0 Å². The van der Waals surface area contributed by atoms with Crippen molar-refractivity contribution < 1.29 is 9.47 Å². The molecule has 0 saturated carbocycles. The highest BCUT2D eigenvalue weighted by Gasteiger charge is 2.12. The Morgan fingerprint density at radius 2 is 1.73 bits per heavy atom. The predicted octanol–water partition coefficient (Wildman–Crippen LogP) is 3.88. The maximum Gasteiger partial charge on any atom is 0.267 e. The van der Waals surface area contributed by atoms with Gasteiger partial charge in [-0.15, -0.1) is 0 Å². The molecule has 0 radical (unpaired) electrons. The van der Waals surface area contributed by atoms with E-state index in [9.17, 15) is 4.79 Å². The molecule has 0 amide bonds. The summed E-state index contributed by atoms with van der Waals surface area (Å²) in [4.78, 5) is 12.2. The molecule has 0 bridgehead atoms. The molecule has 5 nitrogen and oxygen atoms in total. The summed E-state index contributed by atoms with van der Waals surface area (Å²) in [5.41, 5.74) is 2.49. The molecule has 0 atom stereocenters. The smallest absolute Gasteiger partial charge is 0.267 e. The third kappa shape index (κ3) is 3.65. The van der Waals surface area contributed by atoms with Gasteiger partial charge >= 0.3 is 0 Å². The Kier molecular flexibility index (Phi) is 4.75. The van der Waals surface area contributed by atoms with E-state index in [0.29, 0.717) is 25.5 Å². The van der Waals surface area contributed by atoms with Crippen LogP contribution in [0.3, 0.4) is 0 Å². The number of hydrogen-bond acceptors (Lipinski definition) is 4. The molecule has 1 aliphatic rings. The summed E-state index contributed by atoms with van der Waals surface area (Å²) >= 11 is 3.42. The average molecular weight is 413 g/mol. The van der Waals surface area contributed by atoms with Crippen molar-refractivity contribution in [3.63, 3.8) is 0 Å². The van der Waals surface area contributed by atoms with Crippen molar-refractivity contribution in [1.82, 2.24) is 9.78 Å². The number of halogens is 1. The number of ether oxygens (including phenoxy) is 2. The first-order valence-electron chi connectivity index (χ1n) is 8.42. The minimum absolute atomic E-state index is 0.133. The van der Waals surface area contributed by atoms with Crippen LogP contribution in [0.1, 0.15) is 12.0 Å². The Balaban J connectivity index is 1.66. The van der Waals surface area contributed by atoms with Crippen LogP contribution < -0.4 is 15.0 Å². The van der Waals surface area contributed by atoms with Crippen LogP contribution >= 0.6 is 15.9 Å². The Morgan fingerprint density at radius 3 is 2.54 bits per heavy atom. The topological polar surface area (TPSA) is 53.4 Å². The van der Waals surface area contributed by atoms with Crippen LogP contribution in [0.25, 0.3) is 11.3 Å². The van der Waals surface area contributed by atoms with Crippen LogP contribution in [0.4, 0.5) is 0 Å². The maximum atomic E-state index is 12.2. The van der Waals surface area contributed by atoms with Gasteiger partial charge in [0.1, 0.15) is 0 Å². The van der Waals surface area contributed by atoms with Crippen molar-refractivity contribution in [2.75, 3.05) is 13.2 Å². The lowest BCUT2D eigenvalue weighted by Crippen LogP contribution is -2.22. The Hall–Kier alpha value is -2.60. The van der Waals surface area contributed by atoms with E-state index in [2.05, 4.69) is 21.0 Å². The summed E-state index contributed by atoms with van der Waals surface area (Å²) in [7, 11) is 0. The zero-order chi connectivity index (χ0) is 17.9. The Morgan fingerprint density at radius 1 is 0.962 bits per heavy atom. The quantitative estimate of drug-likeness (QED) is 0.654. The molecule has 0 spiro atoms. The molecule has 3 aromatic rings. The fourth-order valence-electron chi connectivity index (χ4n) is 2.80. The van der Waals surface area contributed by atoms with Crippen molar-refractivity contribution >= 4 is 15.9 Å². The number of fused-ring (bicyclic) bond motifs is 1. The normalized spacial score (nSPS) is 13.3. The Bertz CT molecular complexity index is 983. The molecule has 1 aliphatic heterocycles. The van der Waals surface area contributed by atoms with E-state index in [4.69, 9.17) is 9.47 Å². The monoisotopic (exact) mass is 412 g/mol. The van der Waals surface area contributed by atoms with Gasteiger partial charge in [0.25, 0.3) is 5.56 Å². The van der Waals surface area contributed by atoms with Gasteiger partial charge in [0.05, 0.1) is 25.5 Å². The van der Waals surface area contributed by atoms with Gasteiger partial charge in [-0.1, -0.05) is 28.1 Å². The summed E-state index contributed by atoms with van der Waals surface area (Å²) in [5, 5.41) is 4.53. The first-order valence-corrected chi connectivity index (χ1v) is 9.21. The highest BCUT2D eigenvalue weighted by atomic mass is 79.9. The van der Waals surface area contributed by atoms with Gasteiger partial charge in [0.2, 0.25) is 0 Å². The zero-order valence-corrected chi connectivity index (χ0v) is 15.6. The van der Waals surface area contributed by atoms with E-state index in [-0.39, 0.29) is 5.56 Å². The summed E-state index contributed by atoms with van der Waals surface area (Å²) < 4.78 is 13.9. The largest absolute Gasteiger partial charge is 0.490 e. The van der Waals surface area contributed by atoms with E-state index in [1.165, 1.54) is 4.68 Å². The summed E-state index contributed by atoms with van der Waals surface area (Å²) in [6.07, 6.45) is 0.861. The number of nitrogens with zero attached hydrogens (tertiary/aromatic N) is 2. The average Bonchev–Trinajstić information content (AvgIpc) is 2.90.